The molecule has 2 aromatic rings. The van der Waals surface area contributed by atoms with Crippen molar-refractivity contribution in [2.75, 3.05) is 6.54 Å². The molecule has 2 N–H and O–H groups in total. The Morgan fingerprint density at radius 1 is 1.31 bits per heavy atom. The van der Waals surface area contributed by atoms with Crippen molar-refractivity contribution in [2.45, 2.75) is 44.6 Å². The molecule has 32 heavy (non-hydrogen) atoms. The van der Waals surface area contributed by atoms with E-state index in [9.17, 15) is 39.9 Å². The van der Waals surface area contributed by atoms with E-state index in [0.717, 1.165) is 15.2 Å². The van der Waals surface area contributed by atoms with Gasteiger partial charge in [0.25, 0.3) is 11.5 Å². The second-order valence-electron chi connectivity index (χ2n) is 7.37. The molecule has 6 nitrogen and oxygen atoms in total. The van der Waals surface area contributed by atoms with E-state index < -0.39 is 71.7 Å². The first kappa shape index (κ1) is 23.7. The van der Waals surface area contributed by atoms with Gasteiger partial charge in [0.15, 0.2) is 5.69 Å². The van der Waals surface area contributed by atoms with E-state index in [-0.39, 0.29) is 12.2 Å². The van der Waals surface area contributed by atoms with Crippen molar-refractivity contribution in [1.82, 2.24) is 14.0 Å². The first-order valence-corrected chi connectivity index (χ1v) is 9.22. The molecule has 2 heterocycles. The lowest BCUT2D eigenvalue weighted by Crippen LogP contribution is -2.27. The fourth-order valence-corrected chi connectivity index (χ4v) is 3.17. The summed E-state index contributed by atoms with van der Waals surface area (Å²) < 4.78 is 106. The van der Waals surface area contributed by atoms with Crippen LogP contribution in [-0.2, 0) is 12.7 Å². The van der Waals surface area contributed by atoms with Crippen LogP contribution in [0.3, 0.4) is 0 Å². The van der Waals surface area contributed by atoms with Crippen molar-refractivity contribution in [2.24, 2.45) is 16.6 Å². The highest BCUT2D eigenvalue weighted by Gasteiger charge is 2.57. The van der Waals surface area contributed by atoms with E-state index in [1.807, 2.05) is 0 Å². The van der Waals surface area contributed by atoms with Crippen LogP contribution in [0.4, 0.5) is 35.1 Å². The van der Waals surface area contributed by atoms with E-state index in [1.165, 1.54) is 6.92 Å². The van der Waals surface area contributed by atoms with E-state index in [4.69, 9.17) is 5.73 Å². The van der Waals surface area contributed by atoms with Crippen molar-refractivity contribution in [3.05, 3.63) is 39.7 Å². The van der Waals surface area contributed by atoms with Crippen molar-refractivity contribution in [3.8, 4) is 0 Å². The van der Waals surface area contributed by atoms with Crippen LogP contribution in [0.15, 0.2) is 22.2 Å². The predicted octanol–water partition coefficient (Wildman–Crippen LogP) is 3.80. The van der Waals surface area contributed by atoms with Gasteiger partial charge in [-0.15, -0.1) is 0 Å². The molecule has 1 fully saturated rings. The van der Waals surface area contributed by atoms with Crippen molar-refractivity contribution in [3.63, 3.8) is 0 Å². The molecule has 0 aliphatic heterocycles. The number of halogens is 8. The molecule has 0 spiro atoms. The Morgan fingerprint density at radius 2 is 1.94 bits per heavy atom. The number of allylic oxidation sites excluding steroid dienone is 1. The average molecular weight is 471 g/mol. The molecule has 0 saturated heterocycles. The highest BCUT2D eigenvalue weighted by Crippen LogP contribution is 2.49. The Labute approximate surface area is 175 Å². The van der Waals surface area contributed by atoms with Crippen LogP contribution in [0.1, 0.15) is 29.8 Å². The molecule has 1 saturated carbocycles. The summed E-state index contributed by atoms with van der Waals surface area (Å²) in [5.41, 5.74) is 1.09. The first-order chi connectivity index (χ1) is 14.7. The SMILES string of the molecule is Cc1cn2c(=O)c(/C(C=NCCC(F)(F)F)=C/N)c(C(F)(F)F)nc2n1CC1CC1(F)F. The van der Waals surface area contributed by atoms with Crippen LogP contribution in [0.25, 0.3) is 11.4 Å². The minimum absolute atomic E-state index is 0.222. The van der Waals surface area contributed by atoms with E-state index >= 15 is 0 Å². The maximum atomic E-state index is 13.7. The zero-order valence-corrected chi connectivity index (χ0v) is 16.4. The average Bonchev–Trinajstić information content (AvgIpc) is 3.12. The highest BCUT2D eigenvalue weighted by molar-refractivity contribution is 6.10. The first-order valence-electron chi connectivity index (χ1n) is 9.22. The Bertz CT molecular complexity index is 1140. The minimum Gasteiger partial charge on any atom is -0.404 e. The summed E-state index contributed by atoms with van der Waals surface area (Å²) in [6.45, 7) is 0.293. The number of nitrogens with zero attached hydrogens (tertiary/aromatic N) is 4. The van der Waals surface area contributed by atoms with Crippen LogP contribution < -0.4 is 11.3 Å². The summed E-state index contributed by atoms with van der Waals surface area (Å²) >= 11 is 0. The minimum atomic E-state index is -5.15. The van der Waals surface area contributed by atoms with Gasteiger partial charge in [0, 0.05) is 55.3 Å². The van der Waals surface area contributed by atoms with E-state index in [1.54, 1.807) is 0 Å². The van der Waals surface area contributed by atoms with Gasteiger partial charge in [0.05, 0.1) is 12.0 Å². The van der Waals surface area contributed by atoms with Crippen molar-refractivity contribution >= 4 is 17.6 Å². The zero-order chi connectivity index (χ0) is 24.1. The third-order valence-corrected chi connectivity index (χ3v) is 4.93. The van der Waals surface area contributed by atoms with Crippen molar-refractivity contribution in [1.29, 1.82) is 0 Å². The number of nitrogens with two attached hydrogens (primary N) is 1. The standard InChI is InChI=1S/C18H17F8N5O/c1-9-7-31-14(32)12(10(5-27)6-28-3-2-17(21,22)23)13(18(24,25)26)29-15(31)30(9)8-11-4-16(11,19)20/h5-7,11H,2-4,8,27H2,1H3/b10-5+,28-6?. The number of aromatic nitrogens is 3. The second-order valence-corrected chi connectivity index (χ2v) is 7.37. The molecule has 0 aromatic carbocycles. The third kappa shape index (κ3) is 4.78. The molecule has 0 amide bonds. The molecule has 0 bridgehead atoms. The Balaban J connectivity index is 2.11. The predicted molar refractivity (Wildman–Crippen MR) is 98.4 cm³/mol. The van der Waals surface area contributed by atoms with E-state index in [2.05, 4.69) is 9.98 Å². The molecule has 1 aliphatic rings. The van der Waals surface area contributed by atoms with Crippen LogP contribution in [0, 0.1) is 12.8 Å². The number of alkyl halides is 8. The monoisotopic (exact) mass is 471 g/mol. The lowest BCUT2D eigenvalue weighted by Gasteiger charge is -2.13. The van der Waals surface area contributed by atoms with Crippen LogP contribution in [-0.4, -0.2) is 38.8 Å². The van der Waals surface area contributed by atoms with Gasteiger partial charge in [-0.1, -0.05) is 0 Å². The molecule has 1 atom stereocenters. The Hall–Kier alpha value is -2.93. The van der Waals surface area contributed by atoms with Gasteiger partial charge in [0.1, 0.15) is 0 Å². The molecule has 3 rings (SSSR count). The lowest BCUT2D eigenvalue weighted by molar-refractivity contribution is -0.141. The van der Waals surface area contributed by atoms with Gasteiger partial charge >= 0.3 is 12.4 Å². The number of aliphatic imine (C=N–C) groups is 1. The van der Waals surface area contributed by atoms with Gasteiger partial charge in [-0.05, 0) is 6.92 Å². The summed E-state index contributed by atoms with van der Waals surface area (Å²) in [7, 11) is 0. The summed E-state index contributed by atoms with van der Waals surface area (Å²) in [5, 5.41) is 0. The summed E-state index contributed by atoms with van der Waals surface area (Å²) in [4.78, 5) is 19.8. The second kappa shape index (κ2) is 7.89. The molecule has 176 valence electrons. The Morgan fingerprint density at radius 3 is 2.44 bits per heavy atom. The van der Waals surface area contributed by atoms with Crippen LogP contribution >= 0.6 is 0 Å². The number of hydrogen-bond donors (Lipinski definition) is 1. The van der Waals surface area contributed by atoms with Gasteiger partial charge in [0.2, 0.25) is 5.78 Å². The number of rotatable bonds is 6. The zero-order valence-electron chi connectivity index (χ0n) is 16.4. The molecule has 0 radical (unpaired) electrons. The van der Waals surface area contributed by atoms with Gasteiger partial charge in [-0.25, -0.2) is 13.8 Å². The van der Waals surface area contributed by atoms with E-state index in [0.29, 0.717) is 12.4 Å². The van der Waals surface area contributed by atoms with Crippen molar-refractivity contribution < 1.29 is 35.1 Å². The maximum absolute atomic E-state index is 13.7. The molecule has 2 aromatic heterocycles. The highest BCUT2D eigenvalue weighted by atomic mass is 19.4. The maximum Gasteiger partial charge on any atom is 0.434 e. The smallest absolute Gasteiger partial charge is 0.404 e. The third-order valence-electron chi connectivity index (χ3n) is 4.93. The number of imidazole rings is 1. The number of aryl methyl sites for hydroxylation is 1. The van der Waals surface area contributed by atoms with Crippen LogP contribution in [0.5, 0.6) is 0 Å². The summed E-state index contributed by atoms with van der Waals surface area (Å²) in [5.74, 6) is -4.52. The van der Waals surface area contributed by atoms with Crippen LogP contribution in [0.2, 0.25) is 0 Å². The number of fused-ring (bicyclic) bond motifs is 1. The quantitative estimate of drug-likeness (QED) is 0.515. The molecule has 1 unspecified atom stereocenters. The van der Waals surface area contributed by atoms with Gasteiger partial charge in [-0.2, -0.15) is 26.3 Å². The topological polar surface area (TPSA) is 77.7 Å². The fourth-order valence-electron chi connectivity index (χ4n) is 3.17. The Kier molecular flexibility index (Phi) is 5.85. The molecular weight excluding hydrogens is 454 g/mol. The number of hydrogen-bond acceptors (Lipinski definition) is 4. The molecular formula is C18H17F8N5O. The summed E-state index contributed by atoms with van der Waals surface area (Å²) in [6.07, 6.45) is -9.04. The molecule has 14 heteroatoms. The lowest BCUT2D eigenvalue weighted by atomic mass is 10.1. The van der Waals surface area contributed by atoms with Gasteiger partial charge < -0.3 is 10.3 Å². The molecule has 1 aliphatic carbocycles. The summed E-state index contributed by atoms with van der Waals surface area (Å²) in [6, 6.07) is 0. The normalized spacial score (nSPS) is 19.3. The van der Waals surface area contributed by atoms with Gasteiger partial charge in [-0.3, -0.25) is 14.2 Å². The largest absolute Gasteiger partial charge is 0.434 e. The fraction of sp³-hybridized carbons (Fsp3) is 0.500.